The zero-order chi connectivity index (χ0) is 16.4. The van der Waals surface area contributed by atoms with Gasteiger partial charge in [0, 0.05) is 27.6 Å². The molecule has 7 heteroatoms. The maximum atomic E-state index is 12.5. The van der Waals surface area contributed by atoms with Gasteiger partial charge < -0.3 is 0 Å². The van der Waals surface area contributed by atoms with Crippen LogP contribution in [0.15, 0.2) is 56.9 Å². The summed E-state index contributed by atoms with van der Waals surface area (Å²) < 4.78 is 2.33. The van der Waals surface area contributed by atoms with Gasteiger partial charge in [-0.3, -0.25) is 9.89 Å². The van der Waals surface area contributed by atoms with Crippen LogP contribution in [-0.4, -0.2) is 21.0 Å². The Morgan fingerprint density at radius 3 is 2.65 bits per heavy atom. The van der Waals surface area contributed by atoms with Crippen LogP contribution in [0.4, 0.5) is 5.82 Å². The van der Waals surface area contributed by atoms with E-state index in [2.05, 4.69) is 31.0 Å². The van der Waals surface area contributed by atoms with Crippen molar-refractivity contribution >= 4 is 39.6 Å². The quantitative estimate of drug-likeness (QED) is 0.685. The van der Waals surface area contributed by atoms with Crippen LogP contribution < -0.4 is 5.56 Å². The Hall–Kier alpha value is -2.18. The summed E-state index contributed by atoms with van der Waals surface area (Å²) in [7, 11) is 0. The molecular weight excluding hydrogens is 380 g/mol. The molecule has 0 unspecified atom stereocenters. The molecule has 0 saturated carbocycles. The van der Waals surface area contributed by atoms with Crippen LogP contribution in [0.1, 0.15) is 11.3 Å². The lowest BCUT2D eigenvalue weighted by Gasteiger charge is -2.00. The highest BCUT2D eigenvalue weighted by Crippen LogP contribution is 2.14. The van der Waals surface area contributed by atoms with Crippen LogP contribution >= 0.6 is 27.5 Å². The second kappa shape index (κ2) is 6.52. The Bertz CT molecular complexity index is 911. The molecule has 0 radical (unpaired) electrons. The van der Waals surface area contributed by atoms with E-state index in [0.29, 0.717) is 22.1 Å². The molecule has 0 amide bonds. The zero-order valence-electron chi connectivity index (χ0n) is 12.1. The molecule has 0 aliphatic rings. The molecule has 0 saturated heterocycles. The van der Waals surface area contributed by atoms with E-state index < -0.39 is 0 Å². The second-order valence-corrected chi connectivity index (χ2v) is 6.21. The van der Waals surface area contributed by atoms with Crippen molar-refractivity contribution in [2.24, 2.45) is 4.99 Å². The van der Waals surface area contributed by atoms with Crippen LogP contribution in [0.3, 0.4) is 0 Å². The fraction of sp³-hybridized carbons (Fsp3) is 0.0625. The van der Waals surface area contributed by atoms with E-state index >= 15 is 0 Å². The number of aromatic amines is 1. The predicted molar refractivity (Wildman–Crippen MR) is 95.3 cm³/mol. The summed E-state index contributed by atoms with van der Waals surface area (Å²) in [6.07, 6.45) is 3.18. The number of benzene rings is 1. The maximum absolute atomic E-state index is 12.5. The summed E-state index contributed by atoms with van der Waals surface area (Å²) in [6.45, 7) is 1.82. The Kier molecular flexibility index (Phi) is 4.45. The van der Waals surface area contributed by atoms with Gasteiger partial charge >= 0.3 is 0 Å². The Morgan fingerprint density at radius 2 is 2.00 bits per heavy atom. The zero-order valence-corrected chi connectivity index (χ0v) is 14.5. The van der Waals surface area contributed by atoms with Crippen LogP contribution in [0, 0.1) is 6.92 Å². The van der Waals surface area contributed by atoms with Gasteiger partial charge in [-0.15, -0.1) is 0 Å². The molecule has 2 aromatic heterocycles. The smallest absolute Gasteiger partial charge is 0.280 e. The van der Waals surface area contributed by atoms with E-state index in [9.17, 15) is 4.79 Å². The summed E-state index contributed by atoms with van der Waals surface area (Å²) in [5.41, 5.74) is 1.75. The highest BCUT2D eigenvalue weighted by molar-refractivity contribution is 9.10. The summed E-state index contributed by atoms with van der Waals surface area (Å²) >= 11 is 9.19. The molecule has 0 bridgehead atoms. The van der Waals surface area contributed by atoms with Crippen molar-refractivity contribution in [2.75, 3.05) is 0 Å². The van der Waals surface area contributed by atoms with E-state index in [4.69, 9.17) is 11.6 Å². The Balaban J connectivity index is 1.96. The summed E-state index contributed by atoms with van der Waals surface area (Å²) in [5.74, 6) is 0.534. The minimum absolute atomic E-state index is 0.175. The predicted octanol–water partition coefficient (Wildman–Crippen LogP) is 4.04. The number of nitrogens with zero attached hydrogens (tertiary/aromatic N) is 3. The molecule has 1 aromatic carbocycles. The fourth-order valence-corrected chi connectivity index (χ4v) is 2.42. The van der Waals surface area contributed by atoms with E-state index in [0.717, 1.165) is 10.2 Å². The first-order valence-electron chi connectivity index (χ1n) is 6.78. The number of hydrogen-bond donors (Lipinski definition) is 1. The lowest BCUT2D eigenvalue weighted by atomic mass is 10.3. The maximum Gasteiger partial charge on any atom is 0.280 e. The monoisotopic (exact) mass is 390 g/mol. The number of pyridine rings is 1. The molecule has 5 nitrogen and oxygen atoms in total. The van der Waals surface area contributed by atoms with Crippen LogP contribution in [0.2, 0.25) is 5.02 Å². The van der Waals surface area contributed by atoms with Gasteiger partial charge in [-0.2, -0.15) is 0 Å². The number of hydrogen-bond acceptors (Lipinski definition) is 3. The number of halogens is 2. The first-order chi connectivity index (χ1) is 11.0. The van der Waals surface area contributed by atoms with Crippen molar-refractivity contribution in [3.63, 3.8) is 0 Å². The third-order valence-corrected chi connectivity index (χ3v) is 3.96. The minimum atomic E-state index is -0.175. The van der Waals surface area contributed by atoms with Crippen molar-refractivity contribution in [3.05, 3.63) is 73.7 Å². The summed E-state index contributed by atoms with van der Waals surface area (Å²) in [4.78, 5) is 20.9. The van der Waals surface area contributed by atoms with Crippen LogP contribution in [-0.2, 0) is 0 Å². The minimum Gasteiger partial charge on any atom is -0.295 e. The van der Waals surface area contributed by atoms with Crippen molar-refractivity contribution < 1.29 is 0 Å². The van der Waals surface area contributed by atoms with Crippen LogP contribution in [0.5, 0.6) is 0 Å². The summed E-state index contributed by atoms with van der Waals surface area (Å²) in [5, 5.41) is 3.65. The summed E-state index contributed by atoms with van der Waals surface area (Å²) in [6, 6.07) is 10.6. The van der Waals surface area contributed by atoms with E-state index in [1.165, 1.54) is 10.9 Å². The fourth-order valence-electron chi connectivity index (χ4n) is 2.06. The molecule has 0 atom stereocenters. The Labute approximate surface area is 145 Å². The molecule has 23 heavy (non-hydrogen) atoms. The molecule has 3 rings (SSSR count). The van der Waals surface area contributed by atoms with Gasteiger partial charge in [0.15, 0.2) is 5.82 Å². The molecule has 0 fully saturated rings. The molecule has 0 spiro atoms. The number of aryl methyl sites for hydroxylation is 1. The van der Waals surface area contributed by atoms with Crippen molar-refractivity contribution in [2.45, 2.75) is 6.92 Å². The van der Waals surface area contributed by atoms with Gasteiger partial charge in [-0.05, 0) is 59.3 Å². The molecule has 0 aliphatic heterocycles. The van der Waals surface area contributed by atoms with Gasteiger partial charge in [-0.25, -0.2) is 14.7 Å². The highest BCUT2D eigenvalue weighted by atomic mass is 79.9. The Morgan fingerprint density at radius 1 is 1.26 bits per heavy atom. The molecule has 0 aliphatic carbocycles. The van der Waals surface area contributed by atoms with E-state index in [1.54, 1.807) is 36.5 Å². The molecule has 2 heterocycles. The van der Waals surface area contributed by atoms with E-state index in [-0.39, 0.29) is 5.56 Å². The molecule has 3 aromatic rings. The van der Waals surface area contributed by atoms with Gasteiger partial charge in [0.1, 0.15) is 0 Å². The number of aliphatic imine (C=N–C) groups is 1. The molecular formula is C16H12BrClN4O. The number of rotatable bonds is 3. The number of nitrogens with one attached hydrogen (secondary N) is 1. The third-order valence-electron chi connectivity index (χ3n) is 3.24. The SMILES string of the molecule is Cc1[nH]n(-c2ccc(Cl)cc2)c(=O)c1C=Nc1ccc(Br)cn1. The van der Waals surface area contributed by atoms with Gasteiger partial charge in [-0.1, -0.05) is 11.6 Å². The van der Waals surface area contributed by atoms with Gasteiger partial charge in [0.25, 0.3) is 5.56 Å². The van der Waals surface area contributed by atoms with Crippen LogP contribution in [0.25, 0.3) is 5.69 Å². The molecule has 1 N–H and O–H groups in total. The molecule has 116 valence electrons. The topological polar surface area (TPSA) is 63.0 Å². The lowest BCUT2D eigenvalue weighted by molar-refractivity contribution is 0.835. The highest BCUT2D eigenvalue weighted by Gasteiger charge is 2.10. The van der Waals surface area contributed by atoms with Gasteiger partial charge in [0.05, 0.1) is 11.3 Å². The van der Waals surface area contributed by atoms with Crippen molar-refractivity contribution in [1.29, 1.82) is 0 Å². The van der Waals surface area contributed by atoms with E-state index in [1.807, 2.05) is 13.0 Å². The van der Waals surface area contributed by atoms with Gasteiger partial charge in [0.2, 0.25) is 0 Å². The van der Waals surface area contributed by atoms with Crippen molar-refractivity contribution in [3.8, 4) is 5.69 Å². The first-order valence-corrected chi connectivity index (χ1v) is 7.95. The lowest BCUT2D eigenvalue weighted by Crippen LogP contribution is -2.17. The second-order valence-electron chi connectivity index (χ2n) is 4.86. The average Bonchev–Trinajstić information content (AvgIpc) is 2.82. The largest absolute Gasteiger partial charge is 0.295 e. The standard InChI is InChI=1S/C16H12BrClN4O/c1-10-14(9-20-15-7-2-11(17)8-19-15)16(23)22(21-10)13-5-3-12(18)4-6-13/h2-9,21H,1H3. The first kappa shape index (κ1) is 15.7. The average molecular weight is 392 g/mol. The normalized spacial score (nSPS) is 11.3. The number of H-pyrrole nitrogens is 1. The van der Waals surface area contributed by atoms with Crippen molar-refractivity contribution in [1.82, 2.24) is 14.8 Å². The third kappa shape index (κ3) is 3.43. The number of aromatic nitrogens is 3.